The monoisotopic (exact) mass is 325 g/mol. The first kappa shape index (κ1) is 16.6. The third kappa shape index (κ3) is 3.91. The lowest BCUT2D eigenvalue weighted by Crippen LogP contribution is -2.49. The third-order valence-corrected chi connectivity index (χ3v) is 4.58. The van der Waals surface area contributed by atoms with Crippen molar-refractivity contribution < 1.29 is 13.2 Å². The zero-order valence-electron chi connectivity index (χ0n) is 13.4. The Hall–Kier alpha value is -1.76. The van der Waals surface area contributed by atoms with Crippen LogP contribution in [0.1, 0.15) is 38.8 Å². The Bertz CT molecular complexity index is 665. The number of nitrogens with one attached hydrogen (secondary N) is 2. The van der Waals surface area contributed by atoms with Gasteiger partial charge in [0.2, 0.25) is 10.0 Å². The van der Waals surface area contributed by atoms with Gasteiger partial charge in [-0.25, -0.2) is 13.2 Å². The van der Waals surface area contributed by atoms with E-state index in [0.29, 0.717) is 18.7 Å². The van der Waals surface area contributed by atoms with Gasteiger partial charge < -0.3 is 10.6 Å². The standard InChI is InChI=1S/C15H23N3O3S/c1-15(2,3)17-14(19)16-12-9-10-18(22(4,20)21)13-8-6-5-7-11(12)13/h5-8,12H,9-10H2,1-4H3,(H2,16,17,19). The smallest absolute Gasteiger partial charge is 0.315 e. The van der Waals surface area contributed by atoms with Crippen LogP contribution in [0.2, 0.25) is 0 Å². The minimum Gasteiger partial charge on any atom is -0.334 e. The van der Waals surface area contributed by atoms with Crippen LogP contribution in [0.25, 0.3) is 0 Å². The Morgan fingerprint density at radius 1 is 1.27 bits per heavy atom. The summed E-state index contributed by atoms with van der Waals surface area (Å²) in [6.45, 7) is 6.09. The highest BCUT2D eigenvalue weighted by molar-refractivity contribution is 7.92. The topological polar surface area (TPSA) is 78.5 Å². The number of hydrogen-bond acceptors (Lipinski definition) is 3. The Kier molecular flexibility index (Phi) is 4.37. The first-order valence-electron chi connectivity index (χ1n) is 7.23. The molecule has 2 N–H and O–H groups in total. The van der Waals surface area contributed by atoms with Crippen LogP contribution in [0.3, 0.4) is 0 Å². The molecule has 0 fully saturated rings. The first-order valence-corrected chi connectivity index (χ1v) is 9.08. The third-order valence-electron chi connectivity index (χ3n) is 3.40. The number of rotatable bonds is 2. The Morgan fingerprint density at radius 2 is 1.91 bits per heavy atom. The van der Waals surface area contributed by atoms with E-state index >= 15 is 0 Å². The van der Waals surface area contributed by atoms with Gasteiger partial charge in [0, 0.05) is 12.1 Å². The normalized spacial score (nSPS) is 18.5. The van der Waals surface area contributed by atoms with Gasteiger partial charge in [0.15, 0.2) is 0 Å². The van der Waals surface area contributed by atoms with Crippen LogP contribution in [-0.4, -0.2) is 32.8 Å². The quantitative estimate of drug-likeness (QED) is 0.873. The van der Waals surface area contributed by atoms with Gasteiger partial charge in [-0.05, 0) is 38.8 Å². The van der Waals surface area contributed by atoms with Gasteiger partial charge in [0.05, 0.1) is 18.0 Å². The number of hydrogen-bond donors (Lipinski definition) is 2. The predicted octanol–water partition coefficient (Wildman–Crippen LogP) is 2.00. The highest BCUT2D eigenvalue weighted by Crippen LogP contribution is 2.34. The summed E-state index contributed by atoms with van der Waals surface area (Å²) in [5.41, 5.74) is 1.14. The van der Waals surface area contributed by atoms with Gasteiger partial charge in [-0.3, -0.25) is 4.31 Å². The first-order chi connectivity index (χ1) is 10.1. The number of para-hydroxylation sites is 1. The minimum absolute atomic E-state index is 0.198. The van der Waals surface area contributed by atoms with Gasteiger partial charge in [0.25, 0.3) is 0 Å². The molecule has 6 nitrogen and oxygen atoms in total. The van der Waals surface area contributed by atoms with Crippen molar-refractivity contribution in [3.05, 3.63) is 29.8 Å². The number of amides is 2. The average Bonchev–Trinajstić information content (AvgIpc) is 2.35. The molecule has 0 radical (unpaired) electrons. The molecule has 2 rings (SSSR count). The Balaban J connectivity index is 2.24. The number of benzene rings is 1. The maximum absolute atomic E-state index is 12.1. The summed E-state index contributed by atoms with van der Waals surface area (Å²) in [7, 11) is -3.31. The van der Waals surface area contributed by atoms with E-state index in [1.807, 2.05) is 32.9 Å². The number of fused-ring (bicyclic) bond motifs is 1. The fourth-order valence-electron chi connectivity index (χ4n) is 2.56. The Morgan fingerprint density at radius 3 is 2.50 bits per heavy atom. The Labute approximate surface area is 131 Å². The molecular weight excluding hydrogens is 302 g/mol. The van der Waals surface area contributed by atoms with Crippen molar-refractivity contribution in [1.82, 2.24) is 10.6 Å². The number of sulfonamides is 1. The summed E-state index contributed by atoms with van der Waals surface area (Å²) in [4.78, 5) is 12.1. The molecule has 0 spiro atoms. The number of carbonyl (C=O) groups excluding carboxylic acids is 1. The van der Waals surface area contributed by atoms with E-state index in [9.17, 15) is 13.2 Å². The molecule has 0 bridgehead atoms. The minimum atomic E-state index is -3.31. The zero-order valence-corrected chi connectivity index (χ0v) is 14.2. The molecule has 122 valence electrons. The molecular formula is C15H23N3O3S. The lowest BCUT2D eigenvalue weighted by molar-refractivity contribution is 0.227. The summed E-state index contributed by atoms with van der Waals surface area (Å²) in [5.74, 6) is 0. The van der Waals surface area contributed by atoms with E-state index in [1.54, 1.807) is 12.1 Å². The molecule has 0 saturated heterocycles. The largest absolute Gasteiger partial charge is 0.334 e. The van der Waals surface area contributed by atoms with Crippen molar-refractivity contribution in [2.45, 2.75) is 38.8 Å². The van der Waals surface area contributed by atoms with E-state index < -0.39 is 10.0 Å². The van der Waals surface area contributed by atoms with Crippen LogP contribution < -0.4 is 14.9 Å². The average molecular weight is 325 g/mol. The molecule has 22 heavy (non-hydrogen) atoms. The molecule has 2 amide bonds. The van der Waals surface area contributed by atoms with Gasteiger partial charge in [-0.2, -0.15) is 0 Å². The van der Waals surface area contributed by atoms with Crippen LogP contribution in [0.5, 0.6) is 0 Å². The second-order valence-corrected chi connectivity index (χ2v) is 8.49. The van der Waals surface area contributed by atoms with E-state index in [1.165, 1.54) is 10.6 Å². The van der Waals surface area contributed by atoms with Crippen LogP contribution in [0.4, 0.5) is 10.5 Å². The second kappa shape index (κ2) is 5.79. The lowest BCUT2D eigenvalue weighted by atomic mass is 9.98. The number of anilines is 1. The van der Waals surface area contributed by atoms with Crippen molar-refractivity contribution in [2.24, 2.45) is 0 Å². The number of urea groups is 1. The van der Waals surface area contributed by atoms with Gasteiger partial charge >= 0.3 is 6.03 Å². The maximum atomic E-state index is 12.1. The fourth-order valence-corrected chi connectivity index (χ4v) is 3.52. The SMILES string of the molecule is CC(C)(C)NC(=O)NC1CCN(S(C)(=O)=O)c2ccccc21. The van der Waals surface area contributed by atoms with Gasteiger partial charge in [-0.15, -0.1) is 0 Å². The molecule has 1 aromatic carbocycles. The van der Waals surface area contributed by atoms with Crippen LogP contribution >= 0.6 is 0 Å². The molecule has 7 heteroatoms. The lowest BCUT2D eigenvalue weighted by Gasteiger charge is -2.35. The molecule has 1 unspecified atom stereocenters. The molecule has 1 heterocycles. The van der Waals surface area contributed by atoms with Crippen LogP contribution in [-0.2, 0) is 10.0 Å². The van der Waals surface area contributed by atoms with E-state index in [0.717, 1.165) is 5.56 Å². The maximum Gasteiger partial charge on any atom is 0.315 e. The van der Waals surface area contributed by atoms with Crippen molar-refractivity contribution in [1.29, 1.82) is 0 Å². The molecule has 1 atom stereocenters. The summed E-state index contributed by atoms with van der Waals surface area (Å²) in [6, 6.07) is 6.83. The summed E-state index contributed by atoms with van der Waals surface area (Å²) >= 11 is 0. The summed E-state index contributed by atoms with van der Waals surface area (Å²) in [6.07, 6.45) is 1.74. The molecule has 0 saturated carbocycles. The van der Waals surface area contributed by atoms with Crippen molar-refractivity contribution in [3.8, 4) is 0 Å². The van der Waals surface area contributed by atoms with Crippen molar-refractivity contribution >= 4 is 21.7 Å². The number of nitrogens with zero attached hydrogens (tertiary/aromatic N) is 1. The molecule has 0 aromatic heterocycles. The second-order valence-electron chi connectivity index (χ2n) is 6.58. The van der Waals surface area contributed by atoms with Crippen molar-refractivity contribution in [2.75, 3.05) is 17.1 Å². The fraction of sp³-hybridized carbons (Fsp3) is 0.533. The van der Waals surface area contributed by atoms with E-state index in [2.05, 4.69) is 10.6 Å². The van der Waals surface area contributed by atoms with E-state index in [-0.39, 0.29) is 17.6 Å². The van der Waals surface area contributed by atoms with Gasteiger partial charge in [-0.1, -0.05) is 18.2 Å². The van der Waals surface area contributed by atoms with Crippen molar-refractivity contribution in [3.63, 3.8) is 0 Å². The molecule has 0 aliphatic carbocycles. The zero-order chi connectivity index (χ0) is 16.5. The van der Waals surface area contributed by atoms with E-state index in [4.69, 9.17) is 0 Å². The summed E-state index contributed by atoms with van der Waals surface area (Å²) in [5, 5.41) is 5.79. The highest BCUT2D eigenvalue weighted by Gasteiger charge is 2.30. The van der Waals surface area contributed by atoms with Gasteiger partial charge in [0.1, 0.15) is 0 Å². The number of carbonyl (C=O) groups is 1. The van der Waals surface area contributed by atoms with Crippen LogP contribution in [0.15, 0.2) is 24.3 Å². The highest BCUT2D eigenvalue weighted by atomic mass is 32.2. The predicted molar refractivity (Wildman–Crippen MR) is 87.4 cm³/mol. The van der Waals surface area contributed by atoms with Crippen LogP contribution in [0, 0.1) is 0 Å². The molecule has 1 aliphatic rings. The molecule has 1 aliphatic heterocycles. The summed E-state index contributed by atoms with van der Waals surface area (Å²) < 4.78 is 25.2. The molecule has 1 aromatic rings.